The molecule has 134 valence electrons. The maximum absolute atomic E-state index is 8.20. The van der Waals surface area contributed by atoms with Gasteiger partial charge in [0.15, 0.2) is 5.90 Å². The molecular formula is C21H32ClNO. The van der Waals surface area contributed by atoms with Crippen LogP contribution in [-0.4, -0.2) is 18.4 Å². The Labute approximate surface area is 152 Å². The van der Waals surface area contributed by atoms with E-state index in [0.717, 1.165) is 18.8 Å². The molecule has 1 saturated carbocycles. The van der Waals surface area contributed by atoms with Crippen LogP contribution in [0.3, 0.4) is 0 Å². The third-order valence-corrected chi connectivity index (χ3v) is 5.58. The van der Waals surface area contributed by atoms with Crippen molar-refractivity contribution in [3.05, 3.63) is 35.4 Å². The van der Waals surface area contributed by atoms with Gasteiger partial charge in [-0.15, -0.1) is 11.6 Å². The molecule has 2 rings (SSSR count). The monoisotopic (exact) mass is 349 g/mol. The maximum atomic E-state index is 8.20. The summed E-state index contributed by atoms with van der Waals surface area (Å²) in [5.41, 5.74) is 2.65. The van der Waals surface area contributed by atoms with E-state index < -0.39 is 0 Å². The highest BCUT2D eigenvalue weighted by atomic mass is 35.5. The molecule has 1 fully saturated rings. The van der Waals surface area contributed by atoms with Crippen LogP contribution in [0.4, 0.5) is 0 Å². The summed E-state index contributed by atoms with van der Waals surface area (Å²) in [4.78, 5) is 0. The molecule has 1 aromatic carbocycles. The van der Waals surface area contributed by atoms with Crippen molar-refractivity contribution in [1.82, 2.24) is 0 Å². The van der Waals surface area contributed by atoms with Crippen molar-refractivity contribution in [1.29, 1.82) is 5.41 Å². The lowest BCUT2D eigenvalue weighted by Gasteiger charge is -2.20. The van der Waals surface area contributed by atoms with Gasteiger partial charge in [-0.2, -0.15) is 0 Å². The number of hydrogen-bond donors (Lipinski definition) is 1. The van der Waals surface area contributed by atoms with Crippen molar-refractivity contribution < 1.29 is 4.74 Å². The topological polar surface area (TPSA) is 33.1 Å². The van der Waals surface area contributed by atoms with Gasteiger partial charge in [-0.1, -0.05) is 50.5 Å². The Morgan fingerprint density at radius 1 is 1.21 bits per heavy atom. The number of alkyl halides is 1. The smallest absolute Gasteiger partial charge is 0.188 e. The van der Waals surface area contributed by atoms with Gasteiger partial charge in [0.1, 0.15) is 0 Å². The summed E-state index contributed by atoms with van der Waals surface area (Å²) in [5.74, 6) is 2.62. The molecule has 1 aliphatic carbocycles. The molecule has 0 saturated heterocycles. The van der Waals surface area contributed by atoms with E-state index in [0.29, 0.717) is 24.3 Å². The Morgan fingerprint density at radius 3 is 2.62 bits per heavy atom. The molecule has 1 N–H and O–H groups in total. The molecule has 1 aromatic rings. The molecule has 0 aliphatic heterocycles. The van der Waals surface area contributed by atoms with Gasteiger partial charge in [0.2, 0.25) is 0 Å². The number of ether oxygens (including phenoxy) is 1. The largest absolute Gasteiger partial charge is 0.481 e. The van der Waals surface area contributed by atoms with Crippen molar-refractivity contribution in [2.24, 2.45) is 5.92 Å². The molecule has 1 aliphatic rings. The van der Waals surface area contributed by atoms with Crippen LogP contribution in [0.5, 0.6) is 0 Å². The highest BCUT2D eigenvalue weighted by molar-refractivity contribution is 6.17. The van der Waals surface area contributed by atoms with Crippen LogP contribution >= 0.6 is 11.6 Å². The summed E-state index contributed by atoms with van der Waals surface area (Å²) >= 11 is 5.86. The highest BCUT2D eigenvalue weighted by Crippen LogP contribution is 2.34. The van der Waals surface area contributed by atoms with Crippen molar-refractivity contribution in [2.75, 3.05) is 12.5 Å². The van der Waals surface area contributed by atoms with Gasteiger partial charge < -0.3 is 4.74 Å². The van der Waals surface area contributed by atoms with Crippen LogP contribution < -0.4 is 0 Å². The molecule has 0 amide bonds. The lowest BCUT2D eigenvalue weighted by Crippen LogP contribution is -2.15. The van der Waals surface area contributed by atoms with E-state index >= 15 is 0 Å². The third-order valence-electron chi connectivity index (χ3n) is 5.31. The van der Waals surface area contributed by atoms with Crippen LogP contribution in [-0.2, 0) is 4.74 Å². The second-order valence-corrected chi connectivity index (χ2v) is 7.54. The number of hydrogen-bond acceptors (Lipinski definition) is 2. The first-order chi connectivity index (χ1) is 11.7. The molecule has 24 heavy (non-hydrogen) atoms. The fourth-order valence-corrected chi connectivity index (χ4v) is 3.96. The lowest BCUT2D eigenvalue weighted by molar-refractivity contribution is 0.305. The number of benzene rings is 1. The van der Waals surface area contributed by atoms with Gasteiger partial charge in [0, 0.05) is 5.88 Å². The summed E-state index contributed by atoms with van der Waals surface area (Å²) in [5, 5.41) is 8.20. The maximum Gasteiger partial charge on any atom is 0.188 e. The van der Waals surface area contributed by atoms with E-state index in [2.05, 4.69) is 31.2 Å². The average molecular weight is 350 g/mol. The van der Waals surface area contributed by atoms with E-state index in [1.807, 2.05) is 6.92 Å². The van der Waals surface area contributed by atoms with Crippen LogP contribution in [0.1, 0.15) is 81.8 Å². The lowest BCUT2D eigenvalue weighted by atomic mass is 9.88. The Bertz CT molecular complexity index is 499. The molecular weight excluding hydrogens is 318 g/mol. The predicted octanol–water partition coefficient (Wildman–Crippen LogP) is 6.49. The quantitative estimate of drug-likeness (QED) is 0.259. The highest BCUT2D eigenvalue weighted by Gasteiger charge is 2.20. The van der Waals surface area contributed by atoms with Gasteiger partial charge in [-0.25, -0.2) is 0 Å². The molecule has 3 unspecified atom stereocenters. The van der Waals surface area contributed by atoms with E-state index in [9.17, 15) is 0 Å². The third kappa shape index (κ3) is 5.51. The zero-order valence-corrected chi connectivity index (χ0v) is 15.9. The fraction of sp³-hybridized carbons (Fsp3) is 0.667. The molecule has 3 heteroatoms. The van der Waals surface area contributed by atoms with E-state index in [-0.39, 0.29) is 5.92 Å². The fourth-order valence-electron chi connectivity index (χ4n) is 3.81. The summed E-state index contributed by atoms with van der Waals surface area (Å²) in [7, 11) is 0. The van der Waals surface area contributed by atoms with Crippen LogP contribution in [0.15, 0.2) is 24.3 Å². The van der Waals surface area contributed by atoms with Crippen molar-refractivity contribution in [3.8, 4) is 0 Å². The summed E-state index contributed by atoms with van der Waals surface area (Å²) in [6.45, 7) is 4.87. The first-order valence-electron chi connectivity index (χ1n) is 9.52. The van der Waals surface area contributed by atoms with Gasteiger partial charge in [0.05, 0.1) is 12.5 Å². The molecule has 0 bridgehead atoms. The zero-order chi connectivity index (χ0) is 17.4. The summed E-state index contributed by atoms with van der Waals surface area (Å²) in [6, 6.07) is 8.97. The molecule has 3 atom stereocenters. The predicted molar refractivity (Wildman–Crippen MR) is 103 cm³/mol. The first kappa shape index (κ1) is 19.3. The standard InChI is InChI=1S/C21H32ClNO/c1-3-24-21(23)20(8-5-15-22)19-13-11-18(12-14-19)17-7-4-6-16(2)9-10-17/h11-14,16-17,20,23H,3-10,15H2,1-2H3. The van der Waals surface area contributed by atoms with Crippen molar-refractivity contribution in [3.63, 3.8) is 0 Å². The van der Waals surface area contributed by atoms with Crippen molar-refractivity contribution >= 4 is 17.5 Å². The second-order valence-electron chi connectivity index (χ2n) is 7.16. The normalized spacial score (nSPS) is 22.6. The number of rotatable bonds is 7. The van der Waals surface area contributed by atoms with Gasteiger partial charge in [-0.3, -0.25) is 5.41 Å². The molecule has 0 radical (unpaired) electrons. The minimum Gasteiger partial charge on any atom is -0.481 e. The van der Waals surface area contributed by atoms with Crippen LogP contribution in [0.25, 0.3) is 0 Å². The van der Waals surface area contributed by atoms with Crippen LogP contribution in [0, 0.1) is 11.3 Å². The van der Waals surface area contributed by atoms with Crippen molar-refractivity contribution in [2.45, 2.75) is 70.6 Å². The Kier molecular flexibility index (Phi) is 8.11. The SMILES string of the molecule is CCOC(=N)C(CCCCl)c1ccc(C2CCCC(C)CC2)cc1. The number of halogens is 1. The van der Waals surface area contributed by atoms with E-state index in [1.165, 1.54) is 43.2 Å². The summed E-state index contributed by atoms with van der Waals surface area (Å²) < 4.78 is 5.47. The molecule has 2 nitrogen and oxygen atoms in total. The van der Waals surface area contributed by atoms with Gasteiger partial charge in [-0.05, 0) is 55.6 Å². The second kappa shape index (κ2) is 10.1. The Balaban J connectivity index is 2.08. The molecule has 0 spiro atoms. The molecule has 0 aromatic heterocycles. The first-order valence-corrected chi connectivity index (χ1v) is 10.1. The zero-order valence-electron chi connectivity index (χ0n) is 15.2. The van der Waals surface area contributed by atoms with Crippen LogP contribution in [0.2, 0.25) is 0 Å². The average Bonchev–Trinajstić information content (AvgIpc) is 2.81. The van der Waals surface area contributed by atoms with E-state index in [1.54, 1.807) is 0 Å². The van der Waals surface area contributed by atoms with Gasteiger partial charge in [0.25, 0.3) is 0 Å². The number of nitrogens with one attached hydrogen (secondary N) is 1. The minimum atomic E-state index is 0.0342. The minimum absolute atomic E-state index is 0.0342. The van der Waals surface area contributed by atoms with Gasteiger partial charge >= 0.3 is 0 Å². The Morgan fingerprint density at radius 2 is 1.96 bits per heavy atom. The van der Waals surface area contributed by atoms with E-state index in [4.69, 9.17) is 21.7 Å². The molecule has 0 heterocycles. The Hall–Kier alpha value is -1.02. The summed E-state index contributed by atoms with van der Waals surface area (Å²) in [6.07, 6.45) is 8.48.